The fourth-order valence-corrected chi connectivity index (χ4v) is 1.63. The van der Waals surface area contributed by atoms with Gasteiger partial charge in [0.2, 0.25) is 0 Å². The van der Waals surface area contributed by atoms with E-state index in [1.54, 1.807) is 4.68 Å². The van der Waals surface area contributed by atoms with Crippen LogP contribution in [0.4, 0.5) is 0 Å². The predicted octanol–water partition coefficient (Wildman–Crippen LogP) is 3.08. The maximum Gasteiger partial charge on any atom is 0.0979 e. The molecule has 0 saturated heterocycles. The molecular weight excluding hydrogens is 277 g/mol. The van der Waals surface area contributed by atoms with Crippen molar-refractivity contribution in [1.82, 2.24) is 15.0 Å². The summed E-state index contributed by atoms with van der Waals surface area (Å²) in [6.45, 7) is 2.03. The standard InChI is InChI=1S/C10H9BrClN3/c1-7-4-9(2-3-10(7)11)15-6-8(5-12)13-14-15/h2-4,6H,5H2,1H3. The van der Waals surface area contributed by atoms with Crippen molar-refractivity contribution < 1.29 is 0 Å². The van der Waals surface area contributed by atoms with Gasteiger partial charge in [-0.05, 0) is 30.7 Å². The predicted molar refractivity (Wildman–Crippen MR) is 63.4 cm³/mol. The lowest BCUT2D eigenvalue weighted by Gasteiger charge is -2.02. The largest absolute Gasteiger partial charge is 0.220 e. The Balaban J connectivity index is 2.40. The summed E-state index contributed by atoms with van der Waals surface area (Å²) in [5.41, 5.74) is 2.92. The zero-order valence-electron chi connectivity index (χ0n) is 8.11. The van der Waals surface area contributed by atoms with Crippen LogP contribution in [-0.4, -0.2) is 15.0 Å². The molecule has 0 aliphatic carbocycles. The van der Waals surface area contributed by atoms with Crippen molar-refractivity contribution in [3.63, 3.8) is 0 Å². The van der Waals surface area contributed by atoms with Crippen LogP contribution in [0.15, 0.2) is 28.9 Å². The van der Waals surface area contributed by atoms with Gasteiger partial charge in [0.05, 0.1) is 23.5 Å². The van der Waals surface area contributed by atoms with E-state index in [4.69, 9.17) is 11.6 Å². The normalized spacial score (nSPS) is 10.6. The van der Waals surface area contributed by atoms with E-state index in [0.717, 1.165) is 21.4 Å². The first kappa shape index (κ1) is 10.6. The summed E-state index contributed by atoms with van der Waals surface area (Å²) < 4.78 is 2.81. The molecular formula is C10H9BrClN3. The lowest BCUT2D eigenvalue weighted by atomic mass is 10.2. The molecule has 0 amide bonds. The number of benzene rings is 1. The molecule has 0 N–H and O–H groups in total. The fourth-order valence-electron chi connectivity index (χ4n) is 1.26. The molecule has 0 fully saturated rings. The maximum atomic E-state index is 5.66. The lowest BCUT2D eigenvalue weighted by molar-refractivity contribution is 0.799. The number of aromatic nitrogens is 3. The first-order valence-corrected chi connectivity index (χ1v) is 5.77. The Morgan fingerprint density at radius 3 is 2.87 bits per heavy atom. The first-order valence-electron chi connectivity index (χ1n) is 4.44. The number of hydrogen-bond acceptors (Lipinski definition) is 2. The molecule has 0 radical (unpaired) electrons. The number of aryl methyl sites for hydroxylation is 1. The van der Waals surface area contributed by atoms with E-state index in [-0.39, 0.29) is 0 Å². The molecule has 0 atom stereocenters. The van der Waals surface area contributed by atoms with Gasteiger partial charge in [-0.15, -0.1) is 16.7 Å². The zero-order valence-corrected chi connectivity index (χ0v) is 10.5. The minimum absolute atomic E-state index is 0.384. The average molecular weight is 287 g/mol. The van der Waals surface area contributed by atoms with Crippen LogP contribution in [-0.2, 0) is 5.88 Å². The molecule has 1 heterocycles. The number of hydrogen-bond donors (Lipinski definition) is 0. The van der Waals surface area contributed by atoms with E-state index in [9.17, 15) is 0 Å². The summed E-state index contributed by atoms with van der Waals surface area (Å²) in [6.07, 6.45) is 1.83. The third-order valence-electron chi connectivity index (χ3n) is 2.08. The van der Waals surface area contributed by atoms with Gasteiger partial charge in [-0.1, -0.05) is 21.1 Å². The maximum absolute atomic E-state index is 5.66. The van der Waals surface area contributed by atoms with Crippen LogP contribution >= 0.6 is 27.5 Å². The number of alkyl halides is 1. The zero-order chi connectivity index (χ0) is 10.8. The van der Waals surface area contributed by atoms with Gasteiger partial charge in [0, 0.05) is 4.47 Å². The Morgan fingerprint density at radius 1 is 1.47 bits per heavy atom. The highest BCUT2D eigenvalue weighted by Crippen LogP contribution is 2.19. The number of rotatable bonds is 2. The molecule has 5 heteroatoms. The van der Waals surface area contributed by atoms with Crippen molar-refractivity contribution in [3.8, 4) is 5.69 Å². The molecule has 2 rings (SSSR count). The molecule has 0 saturated carbocycles. The van der Waals surface area contributed by atoms with Crippen LogP contribution in [0.25, 0.3) is 5.69 Å². The molecule has 0 spiro atoms. The van der Waals surface area contributed by atoms with Crippen molar-refractivity contribution in [2.24, 2.45) is 0 Å². The molecule has 15 heavy (non-hydrogen) atoms. The topological polar surface area (TPSA) is 30.7 Å². The van der Waals surface area contributed by atoms with Gasteiger partial charge in [-0.2, -0.15) is 0 Å². The van der Waals surface area contributed by atoms with Gasteiger partial charge in [-0.3, -0.25) is 0 Å². The van der Waals surface area contributed by atoms with Crippen LogP contribution in [0.2, 0.25) is 0 Å². The summed E-state index contributed by atoms with van der Waals surface area (Å²) in [7, 11) is 0. The van der Waals surface area contributed by atoms with E-state index >= 15 is 0 Å². The summed E-state index contributed by atoms with van der Waals surface area (Å²) in [5, 5.41) is 7.93. The van der Waals surface area contributed by atoms with Crippen molar-refractivity contribution >= 4 is 27.5 Å². The van der Waals surface area contributed by atoms with Crippen LogP contribution in [0.3, 0.4) is 0 Å². The van der Waals surface area contributed by atoms with Crippen LogP contribution in [0, 0.1) is 6.92 Å². The molecule has 3 nitrogen and oxygen atoms in total. The molecule has 0 aliphatic heterocycles. The second kappa shape index (κ2) is 4.33. The fraction of sp³-hybridized carbons (Fsp3) is 0.200. The van der Waals surface area contributed by atoms with Crippen LogP contribution in [0.1, 0.15) is 11.3 Å². The second-order valence-electron chi connectivity index (χ2n) is 3.22. The van der Waals surface area contributed by atoms with Crippen molar-refractivity contribution in [2.45, 2.75) is 12.8 Å². The highest BCUT2D eigenvalue weighted by atomic mass is 79.9. The number of halogens is 2. The van der Waals surface area contributed by atoms with E-state index in [1.807, 2.05) is 31.3 Å². The van der Waals surface area contributed by atoms with Crippen molar-refractivity contribution in [2.75, 3.05) is 0 Å². The van der Waals surface area contributed by atoms with E-state index in [1.165, 1.54) is 0 Å². The quantitative estimate of drug-likeness (QED) is 0.794. The minimum Gasteiger partial charge on any atom is -0.220 e. The van der Waals surface area contributed by atoms with Gasteiger partial charge in [0.1, 0.15) is 0 Å². The molecule has 78 valence electrons. The van der Waals surface area contributed by atoms with Crippen LogP contribution in [0.5, 0.6) is 0 Å². The molecule has 0 unspecified atom stereocenters. The second-order valence-corrected chi connectivity index (χ2v) is 4.34. The Morgan fingerprint density at radius 2 is 2.27 bits per heavy atom. The summed E-state index contributed by atoms with van der Waals surface area (Å²) in [4.78, 5) is 0. The third-order valence-corrected chi connectivity index (χ3v) is 3.25. The summed E-state index contributed by atoms with van der Waals surface area (Å²) in [5.74, 6) is 0.384. The Bertz CT molecular complexity index is 481. The van der Waals surface area contributed by atoms with Gasteiger partial charge in [0.15, 0.2) is 0 Å². The molecule has 1 aromatic heterocycles. The van der Waals surface area contributed by atoms with Crippen molar-refractivity contribution in [3.05, 3.63) is 40.1 Å². The van der Waals surface area contributed by atoms with Gasteiger partial charge >= 0.3 is 0 Å². The summed E-state index contributed by atoms with van der Waals surface area (Å²) >= 11 is 9.12. The average Bonchev–Trinajstić information content (AvgIpc) is 2.70. The molecule has 2 aromatic rings. The highest BCUT2D eigenvalue weighted by Gasteiger charge is 2.03. The van der Waals surface area contributed by atoms with E-state index in [0.29, 0.717) is 5.88 Å². The Kier molecular flexibility index (Phi) is 3.07. The summed E-state index contributed by atoms with van der Waals surface area (Å²) in [6, 6.07) is 6.01. The third kappa shape index (κ3) is 2.21. The van der Waals surface area contributed by atoms with Gasteiger partial charge in [0.25, 0.3) is 0 Å². The molecule has 1 aromatic carbocycles. The van der Waals surface area contributed by atoms with Gasteiger partial charge < -0.3 is 0 Å². The van der Waals surface area contributed by atoms with E-state index in [2.05, 4.69) is 26.2 Å². The molecule has 0 bridgehead atoms. The Labute approximate surface area is 101 Å². The number of nitrogens with zero attached hydrogens (tertiary/aromatic N) is 3. The van der Waals surface area contributed by atoms with Crippen LogP contribution < -0.4 is 0 Å². The smallest absolute Gasteiger partial charge is 0.0979 e. The highest BCUT2D eigenvalue weighted by molar-refractivity contribution is 9.10. The minimum atomic E-state index is 0.384. The van der Waals surface area contributed by atoms with Crippen molar-refractivity contribution in [1.29, 1.82) is 0 Å². The first-order chi connectivity index (χ1) is 7.20. The Hall–Kier alpha value is -0.870. The lowest BCUT2D eigenvalue weighted by Crippen LogP contribution is -1.95. The van der Waals surface area contributed by atoms with Gasteiger partial charge in [-0.25, -0.2) is 4.68 Å². The molecule has 0 aliphatic rings. The monoisotopic (exact) mass is 285 g/mol. The van der Waals surface area contributed by atoms with E-state index < -0.39 is 0 Å². The SMILES string of the molecule is Cc1cc(-n2cc(CCl)nn2)ccc1Br.